The van der Waals surface area contributed by atoms with E-state index in [0.717, 1.165) is 86.3 Å². The van der Waals surface area contributed by atoms with Crippen LogP contribution >= 0.6 is 12.4 Å². The van der Waals surface area contributed by atoms with Gasteiger partial charge in [-0.3, -0.25) is 14.2 Å². The van der Waals surface area contributed by atoms with Crippen molar-refractivity contribution < 1.29 is 9.18 Å². The van der Waals surface area contributed by atoms with Crippen molar-refractivity contribution in [3.63, 3.8) is 0 Å². The molecule has 3 aromatic rings. The van der Waals surface area contributed by atoms with Gasteiger partial charge in [0, 0.05) is 31.0 Å². The number of imidazole rings is 1. The molecule has 2 aromatic heterocycles. The first kappa shape index (κ1) is 25.3. The fourth-order valence-electron chi connectivity index (χ4n) is 5.78. The number of aryl methyl sites for hydroxylation is 1. The first-order valence-electron chi connectivity index (χ1n) is 13.6. The lowest BCUT2D eigenvalue weighted by Crippen LogP contribution is -2.37. The van der Waals surface area contributed by atoms with Gasteiger partial charge in [-0.2, -0.15) is 0 Å². The van der Waals surface area contributed by atoms with E-state index in [9.17, 15) is 9.18 Å². The average molecular weight is 537 g/mol. The van der Waals surface area contributed by atoms with E-state index in [1.807, 2.05) is 13.1 Å². The van der Waals surface area contributed by atoms with Crippen LogP contribution in [0.25, 0.3) is 11.2 Å². The average Bonchev–Trinajstić information content (AvgIpc) is 3.83. The summed E-state index contributed by atoms with van der Waals surface area (Å²) in [7, 11) is 0. The number of pyridine rings is 1. The van der Waals surface area contributed by atoms with Crippen LogP contribution in [0.5, 0.6) is 0 Å². The monoisotopic (exact) mass is 536 g/mol. The minimum atomic E-state index is -0.457. The molecule has 1 saturated heterocycles. The third-order valence-corrected chi connectivity index (χ3v) is 8.23. The van der Waals surface area contributed by atoms with Crippen molar-refractivity contribution in [2.75, 3.05) is 24.6 Å². The molecule has 2 N–H and O–H groups in total. The maximum atomic E-state index is 14.8. The van der Waals surface area contributed by atoms with Gasteiger partial charge in [-0.15, -0.1) is 12.4 Å². The quantitative estimate of drug-likeness (QED) is 0.473. The minimum Gasteiger partial charge on any atom is -0.349 e. The molecule has 7 nitrogen and oxygen atoms in total. The summed E-state index contributed by atoms with van der Waals surface area (Å²) in [6.45, 7) is 4.77. The number of aromatic nitrogens is 2. The molecule has 0 unspecified atom stereocenters. The number of fused-ring (bicyclic) bond motifs is 1. The van der Waals surface area contributed by atoms with E-state index in [0.29, 0.717) is 12.0 Å². The molecule has 0 spiro atoms. The van der Waals surface area contributed by atoms with E-state index in [2.05, 4.69) is 49.6 Å². The number of carbonyl (C=O) groups is 1. The highest BCUT2D eigenvalue weighted by Crippen LogP contribution is 2.39. The number of anilines is 1. The molecule has 38 heavy (non-hydrogen) atoms. The van der Waals surface area contributed by atoms with Crippen LogP contribution in [-0.2, 0) is 0 Å². The molecule has 4 heterocycles. The Kier molecular flexibility index (Phi) is 6.66. The molecule has 1 amide bonds. The number of rotatable bonds is 6. The van der Waals surface area contributed by atoms with Gasteiger partial charge in [0.05, 0.1) is 11.8 Å². The van der Waals surface area contributed by atoms with E-state index in [4.69, 9.17) is 4.98 Å². The Morgan fingerprint density at radius 2 is 1.89 bits per heavy atom. The molecule has 2 saturated carbocycles. The summed E-state index contributed by atoms with van der Waals surface area (Å²) in [6, 6.07) is 8.26. The topological polar surface area (TPSA) is 64.9 Å². The second kappa shape index (κ2) is 9.98. The van der Waals surface area contributed by atoms with Gasteiger partial charge in [0.25, 0.3) is 5.91 Å². The Morgan fingerprint density at radius 3 is 2.63 bits per heavy atom. The number of benzene rings is 1. The van der Waals surface area contributed by atoms with Crippen LogP contribution in [0.1, 0.15) is 71.5 Å². The molecule has 4 aliphatic rings. The summed E-state index contributed by atoms with van der Waals surface area (Å²) in [5.41, 5.74) is 5.29. The number of nitrogens with zero attached hydrogens (tertiary/aromatic N) is 4. The zero-order valence-electron chi connectivity index (χ0n) is 21.6. The maximum Gasteiger partial charge on any atom is 0.254 e. The Morgan fingerprint density at radius 1 is 1.11 bits per heavy atom. The second-order valence-electron chi connectivity index (χ2n) is 11.1. The largest absolute Gasteiger partial charge is 0.349 e. The number of piperidine rings is 1. The van der Waals surface area contributed by atoms with Crippen LogP contribution in [-0.4, -0.2) is 52.0 Å². The number of hydrazine groups is 1. The summed E-state index contributed by atoms with van der Waals surface area (Å²) < 4.78 is 17.0. The molecule has 0 bridgehead atoms. The van der Waals surface area contributed by atoms with Crippen LogP contribution in [0.2, 0.25) is 0 Å². The highest BCUT2D eigenvalue weighted by molar-refractivity contribution is 5.96. The van der Waals surface area contributed by atoms with Gasteiger partial charge >= 0.3 is 0 Å². The molecule has 0 radical (unpaired) electrons. The maximum absolute atomic E-state index is 14.8. The Bertz CT molecular complexity index is 1410. The number of hydrogen-bond donors (Lipinski definition) is 2. The number of carbonyl (C=O) groups excluding carboxylic acids is 1. The first-order valence-corrected chi connectivity index (χ1v) is 13.6. The summed E-state index contributed by atoms with van der Waals surface area (Å²) in [4.78, 5) is 17.4. The van der Waals surface area contributed by atoms with Crippen molar-refractivity contribution in [3.8, 4) is 0 Å². The summed E-state index contributed by atoms with van der Waals surface area (Å²) in [6.07, 6.45) is 12.9. The lowest BCUT2D eigenvalue weighted by atomic mass is 9.91. The standard InChI is InChI=1S/C29H33FN6O.ClH/c1-18-12-26(30)25(29(37)33-22-3-4-22)13-24(18)21-16-35(23-5-6-23)36(17-21)28-14-32-27-7-2-20(15-34(27)28)19-8-10-31-11-9-19;/h2,7,12-15,17,19,22-23,31H,3-6,8-11,16H2,1H3,(H,33,37);1H. The molecule has 3 fully saturated rings. The van der Waals surface area contributed by atoms with E-state index in [1.165, 1.54) is 11.6 Å². The lowest BCUT2D eigenvalue weighted by molar-refractivity contribution is 0.0947. The van der Waals surface area contributed by atoms with Gasteiger partial charge in [-0.05, 0) is 105 Å². The van der Waals surface area contributed by atoms with E-state index in [-0.39, 0.29) is 29.9 Å². The number of halogens is 2. The normalized spacial score (nSPS) is 20.5. The van der Waals surface area contributed by atoms with Crippen molar-refractivity contribution in [1.82, 2.24) is 25.0 Å². The van der Waals surface area contributed by atoms with Gasteiger partial charge in [0.2, 0.25) is 0 Å². The van der Waals surface area contributed by atoms with E-state index >= 15 is 0 Å². The van der Waals surface area contributed by atoms with Crippen molar-refractivity contribution in [2.45, 2.75) is 63.5 Å². The predicted molar refractivity (Wildman–Crippen MR) is 149 cm³/mol. The second-order valence-corrected chi connectivity index (χ2v) is 11.1. The van der Waals surface area contributed by atoms with Gasteiger partial charge in [-0.25, -0.2) is 14.4 Å². The van der Waals surface area contributed by atoms with Crippen LogP contribution < -0.4 is 15.6 Å². The zero-order chi connectivity index (χ0) is 25.1. The highest BCUT2D eigenvalue weighted by Gasteiger charge is 2.38. The van der Waals surface area contributed by atoms with Crippen LogP contribution in [0.4, 0.5) is 10.2 Å². The molecule has 9 heteroatoms. The minimum absolute atomic E-state index is 0. The Balaban J connectivity index is 0.00000264. The summed E-state index contributed by atoms with van der Waals surface area (Å²) >= 11 is 0. The van der Waals surface area contributed by atoms with Gasteiger partial charge in [0.1, 0.15) is 11.5 Å². The summed E-state index contributed by atoms with van der Waals surface area (Å²) in [5, 5.41) is 11.0. The number of hydrogen-bond acceptors (Lipinski definition) is 5. The van der Waals surface area contributed by atoms with Crippen LogP contribution in [0.3, 0.4) is 0 Å². The molecule has 1 aromatic carbocycles. The zero-order valence-corrected chi connectivity index (χ0v) is 22.4. The third-order valence-electron chi connectivity index (χ3n) is 8.23. The Hall–Kier alpha value is -2.94. The molecule has 0 atom stereocenters. The molecule has 2 aliphatic heterocycles. The van der Waals surface area contributed by atoms with E-state index < -0.39 is 5.82 Å². The van der Waals surface area contributed by atoms with Gasteiger partial charge in [0.15, 0.2) is 5.82 Å². The molecular weight excluding hydrogens is 503 g/mol. The van der Waals surface area contributed by atoms with Gasteiger partial charge in [-0.1, -0.05) is 6.07 Å². The Labute approximate surface area is 228 Å². The fourth-order valence-corrected chi connectivity index (χ4v) is 5.78. The fraction of sp³-hybridized carbons (Fsp3) is 0.448. The SMILES string of the molecule is Cc1cc(F)c(C(=O)NC2CC2)cc1C1=CN(c2cnc3ccc(C4CCNCC4)cn23)N(C2CC2)C1.Cl. The van der Waals surface area contributed by atoms with E-state index in [1.54, 1.807) is 6.07 Å². The smallest absolute Gasteiger partial charge is 0.254 e. The van der Waals surface area contributed by atoms with Crippen molar-refractivity contribution >= 4 is 35.4 Å². The highest BCUT2D eigenvalue weighted by atomic mass is 35.5. The van der Waals surface area contributed by atoms with Crippen LogP contribution in [0, 0.1) is 12.7 Å². The van der Waals surface area contributed by atoms with Crippen molar-refractivity contribution in [2.24, 2.45) is 0 Å². The molecular formula is C29H34ClFN6O. The predicted octanol–water partition coefficient (Wildman–Crippen LogP) is 4.80. The van der Waals surface area contributed by atoms with Crippen molar-refractivity contribution in [3.05, 3.63) is 70.9 Å². The molecule has 2 aliphatic carbocycles. The molecule has 7 rings (SSSR count). The number of nitrogens with one attached hydrogen (secondary N) is 2. The van der Waals surface area contributed by atoms with Gasteiger partial charge < -0.3 is 10.6 Å². The number of amides is 1. The molecule has 200 valence electrons. The first-order chi connectivity index (χ1) is 18.0. The van der Waals surface area contributed by atoms with Crippen LogP contribution in [0.15, 0.2) is 42.9 Å². The summed E-state index contributed by atoms with van der Waals surface area (Å²) in [5.74, 6) is 0.801. The third kappa shape index (κ3) is 4.70. The van der Waals surface area contributed by atoms with Crippen molar-refractivity contribution in [1.29, 1.82) is 0 Å². The lowest BCUT2D eigenvalue weighted by Gasteiger charge is -2.28.